The number of fused-ring (bicyclic) bond motifs is 1. The number of likely N-dealkylation sites (tertiary alicyclic amines) is 1. The Bertz CT molecular complexity index is 1130. The van der Waals surface area contributed by atoms with Crippen molar-refractivity contribution in [3.63, 3.8) is 0 Å². The second-order valence-corrected chi connectivity index (χ2v) is 8.97. The first-order chi connectivity index (χ1) is 15.6. The Morgan fingerprint density at radius 3 is 2.66 bits per heavy atom. The van der Waals surface area contributed by atoms with Crippen molar-refractivity contribution < 1.29 is 9.59 Å². The fourth-order valence-corrected chi connectivity index (χ4v) is 4.81. The summed E-state index contributed by atoms with van der Waals surface area (Å²) < 4.78 is 1.65. The van der Waals surface area contributed by atoms with Crippen molar-refractivity contribution in [1.82, 2.24) is 29.8 Å². The van der Waals surface area contributed by atoms with Gasteiger partial charge in [0.05, 0.1) is 11.8 Å². The minimum Gasteiger partial charge on any atom is -0.349 e. The molecule has 3 aromatic rings. The van der Waals surface area contributed by atoms with Gasteiger partial charge in [0.25, 0.3) is 11.8 Å². The molecule has 0 radical (unpaired) electrons. The first-order valence-corrected chi connectivity index (χ1v) is 11.4. The maximum atomic E-state index is 13.2. The highest BCUT2D eigenvalue weighted by atomic mass is 16.2. The van der Waals surface area contributed by atoms with Gasteiger partial charge in [0.1, 0.15) is 5.56 Å². The number of pyridine rings is 1. The van der Waals surface area contributed by atoms with Crippen LogP contribution in [0.2, 0.25) is 0 Å². The second kappa shape index (κ2) is 8.68. The highest BCUT2D eigenvalue weighted by molar-refractivity contribution is 5.99. The predicted octanol–water partition coefficient (Wildman–Crippen LogP) is 3.12. The highest BCUT2D eigenvalue weighted by Crippen LogP contribution is 2.27. The smallest absolute Gasteiger partial charge is 0.259 e. The number of nitrogens with zero attached hydrogens (tertiary/aromatic N) is 5. The van der Waals surface area contributed by atoms with Crippen molar-refractivity contribution in [3.05, 3.63) is 59.3 Å². The molecule has 0 aromatic carbocycles. The maximum absolute atomic E-state index is 13.2. The molecule has 0 spiro atoms. The zero-order valence-corrected chi connectivity index (χ0v) is 18.3. The van der Waals surface area contributed by atoms with E-state index in [2.05, 4.69) is 20.4 Å². The Hall–Kier alpha value is -3.29. The number of hydrogen-bond donors (Lipinski definition) is 1. The highest BCUT2D eigenvalue weighted by Gasteiger charge is 2.28. The topological polar surface area (TPSA) is 92.5 Å². The number of hydrogen-bond acceptors (Lipinski definition) is 5. The molecule has 1 saturated heterocycles. The van der Waals surface area contributed by atoms with E-state index in [1.165, 1.54) is 12.8 Å². The molecule has 0 bridgehead atoms. The lowest BCUT2D eigenvalue weighted by Crippen LogP contribution is -2.39. The van der Waals surface area contributed by atoms with E-state index < -0.39 is 0 Å². The van der Waals surface area contributed by atoms with Crippen LogP contribution < -0.4 is 5.32 Å². The van der Waals surface area contributed by atoms with Crippen molar-refractivity contribution in [2.75, 3.05) is 13.1 Å². The van der Waals surface area contributed by atoms with Crippen LogP contribution in [0.15, 0.2) is 36.9 Å². The SMILES string of the molecule is Cc1cnc2c(C(=O)N3CCC[C@@H](c4ccc(C(=O)NC5CCCC5)cn4)C3)cnn2c1. The third-order valence-electron chi connectivity index (χ3n) is 6.58. The van der Waals surface area contributed by atoms with Crippen LogP contribution in [0.4, 0.5) is 0 Å². The first kappa shape index (κ1) is 20.6. The van der Waals surface area contributed by atoms with E-state index in [1.807, 2.05) is 30.2 Å². The minimum absolute atomic E-state index is 0.0476. The van der Waals surface area contributed by atoms with E-state index in [9.17, 15) is 9.59 Å². The average molecular weight is 433 g/mol. The largest absolute Gasteiger partial charge is 0.349 e. The summed E-state index contributed by atoms with van der Waals surface area (Å²) in [6.45, 7) is 3.25. The van der Waals surface area contributed by atoms with Crippen molar-refractivity contribution in [3.8, 4) is 0 Å². The standard InChI is InChI=1S/C24H28N6O2/c1-16-11-26-22-20(13-27-30(22)14-16)24(32)29-10-4-5-18(15-29)21-9-8-17(12-25-21)23(31)28-19-6-2-3-7-19/h8-9,11-14,18-19H,2-7,10,15H2,1H3,(H,28,31)/t18-/m1/s1. The van der Waals surface area contributed by atoms with E-state index >= 15 is 0 Å². The summed E-state index contributed by atoms with van der Waals surface area (Å²) in [4.78, 5) is 36.5. The molecule has 166 valence electrons. The maximum Gasteiger partial charge on any atom is 0.259 e. The summed E-state index contributed by atoms with van der Waals surface area (Å²) in [7, 11) is 0. The van der Waals surface area contributed by atoms with Crippen LogP contribution in [-0.4, -0.2) is 55.4 Å². The summed E-state index contributed by atoms with van der Waals surface area (Å²) in [6, 6.07) is 4.07. The van der Waals surface area contributed by atoms with Gasteiger partial charge in [0.2, 0.25) is 0 Å². The molecule has 32 heavy (non-hydrogen) atoms. The molecule has 2 aliphatic rings. The zero-order valence-electron chi connectivity index (χ0n) is 18.3. The number of amides is 2. The third kappa shape index (κ3) is 4.09. The predicted molar refractivity (Wildman–Crippen MR) is 120 cm³/mol. The minimum atomic E-state index is -0.0489. The van der Waals surface area contributed by atoms with Crippen LogP contribution >= 0.6 is 0 Å². The van der Waals surface area contributed by atoms with Gasteiger partial charge in [-0.1, -0.05) is 12.8 Å². The quantitative estimate of drug-likeness (QED) is 0.684. The van der Waals surface area contributed by atoms with E-state index in [-0.39, 0.29) is 17.7 Å². The average Bonchev–Trinajstić information content (AvgIpc) is 3.48. The van der Waals surface area contributed by atoms with Gasteiger partial charge in [-0.2, -0.15) is 5.10 Å². The lowest BCUT2D eigenvalue weighted by atomic mass is 9.93. The molecule has 1 aliphatic carbocycles. The van der Waals surface area contributed by atoms with Crippen LogP contribution in [-0.2, 0) is 0 Å². The van der Waals surface area contributed by atoms with E-state index in [1.54, 1.807) is 23.1 Å². The number of carbonyl (C=O) groups excluding carboxylic acids is 2. The molecule has 8 nitrogen and oxygen atoms in total. The van der Waals surface area contributed by atoms with Crippen molar-refractivity contribution in [2.24, 2.45) is 0 Å². The Morgan fingerprint density at radius 1 is 1.03 bits per heavy atom. The molecule has 2 fully saturated rings. The van der Waals surface area contributed by atoms with Gasteiger partial charge in [-0.3, -0.25) is 14.6 Å². The number of aryl methyl sites for hydroxylation is 1. The first-order valence-electron chi connectivity index (χ1n) is 11.4. The Kier molecular flexibility index (Phi) is 5.59. The van der Waals surface area contributed by atoms with Crippen LogP contribution in [0.25, 0.3) is 5.65 Å². The van der Waals surface area contributed by atoms with Crippen LogP contribution in [0.1, 0.15) is 76.4 Å². The summed E-state index contributed by atoms with van der Waals surface area (Å²) in [6.07, 6.45) is 13.3. The van der Waals surface area contributed by atoms with Gasteiger partial charge in [-0.15, -0.1) is 0 Å². The Balaban J connectivity index is 1.27. The van der Waals surface area contributed by atoms with E-state index in [0.29, 0.717) is 35.9 Å². The summed E-state index contributed by atoms with van der Waals surface area (Å²) in [5, 5.41) is 7.40. The number of aromatic nitrogens is 4. The fourth-order valence-electron chi connectivity index (χ4n) is 4.81. The third-order valence-corrected chi connectivity index (χ3v) is 6.58. The second-order valence-electron chi connectivity index (χ2n) is 8.97. The molecule has 2 amide bonds. The molecular formula is C24H28N6O2. The van der Waals surface area contributed by atoms with Gasteiger partial charge >= 0.3 is 0 Å². The zero-order chi connectivity index (χ0) is 22.1. The normalized spacial score (nSPS) is 19.4. The molecule has 1 saturated carbocycles. The number of piperidine rings is 1. The number of rotatable bonds is 4. The molecule has 5 rings (SSSR count). The van der Waals surface area contributed by atoms with Gasteiger partial charge in [0.15, 0.2) is 5.65 Å². The van der Waals surface area contributed by atoms with Crippen LogP contribution in [0.3, 0.4) is 0 Å². The van der Waals surface area contributed by atoms with Gasteiger partial charge < -0.3 is 10.2 Å². The molecular weight excluding hydrogens is 404 g/mol. The molecule has 8 heteroatoms. The van der Waals surface area contributed by atoms with Gasteiger partial charge in [-0.05, 0) is 50.3 Å². The van der Waals surface area contributed by atoms with E-state index in [0.717, 1.165) is 36.9 Å². The Labute approximate surface area is 187 Å². The lowest BCUT2D eigenvalue weighted by Gasteiger charge is -2.32. The summed E-state index contributed by atoms with van der Waals surface area (Å²) in [5.41, 5.74) is 3.62. The van der Waals surface area contributed by atoms with Gasteiger partial charge in [0, 0.05) is 49.3 Å². The molecule has 1 aliphatic heterocycles. The molecule has 4 heterocycles. The lowest BCUT2D eigenvalue weighted by molar-refractivity contribution is 0.0707. The van der Waals surface area contributed by atoms with Crippen molar-refractivity contribution in [1.29, 1.82) is 0 Å². The molecule has 0 unspecified atom stereocenters. The molecule has 1 N–H and O–H groups in total. The molecule has 3 aromatic heterocycles. The number of carbonyl (C=O) groups is 2. The number of nitrogens with one attached hydrogen (secondary N) is 1. The van der Waals surface area contributed by atoms with E-state index in [4.69, 9.17) is 0 Å². The molecule has 1 atom stereocenters. The van der Waals surface area contributed by atoms with Gasteiger partial charge in [-0.25, -0.2) is 9.50 Å². The fraction of sp³-hybridized carbons (Fsp3) is 0.458. The van der Waals surface area contributed by atoms with Crippen LogP contribution in [0, 0.1) is 6.92 Å². The Morgan fingerprint density at radius 2 is 1.88 bits per heavy atom. The summed E-state index contributed by atoms with van der Waals surface area (Å²) >= 11 is 0. The van der Waals surface area contributed by atoms with Crippen molar-refractivity contribution >= 4 is 17.5 Å². The van der Waals surface area contributed by atoms with Crippen LogP contribution in [0.5, 0.6) is 0 Å². The summed E-state index contributed by atoms with van der Waals surface area (Å²) in [5.74, 6) is 0.0533. The monoisotopic (exact) mass is 432 g/mol. The van der Waals surface area contributed by atoms with Crippen molar-refractivity contribution in [2.45, 2.75) is 57.4 Å².